The number of nitrogens with zero attached hydrogens (tertiary/aromatic N) is 1. The number of aromatic nitrogens is 1. The molecule has 0 saturated heterocycles. The Balaban J connectivity index is 1.63. The van der Waals surface area contributed by atoms with Crippen molar-refractivity contribution in [1.29, 1.82) is 0 Å². The lowest BCUT2D eigenvalue weighted by atomic mass is 10.1. The van der Waals surface area contributed by atoms with Gasteiger partial charge in [-0.25, -0.2) is 13.1 Å². The number of hydrogen-bond acceptors (Lipinski definition) is 4. The number of pyridine rings is 1. The molecule has 0 bridgehead atoms. The molecule has 5 nitrogen and oxygen atoms in total. The minimum atomic E-state index is -3.63. The zero-order valence-corrected chi connectivity index (χ0v) is 16.2. The molecule has 0 saturated carbocycles. The fraction of sp³-hybridized carbons (Fsp3) is 0.150. The fourth-order valence-electron chi connectivity index (χ4n) is 2.49. The van der Waals surface area contributed by atoms with Gasteiger partial charge in [-0.15, -0.1) is 0 Å². The third-order valence-corrected chi connectivity index (χ3v) is 5.77. The average Bonchev–Trinajstić information content (AvgIpc) is 2.67. The Morgan fingerprint density at radius 1 is 1.07 bits per heavy atom. The summed E-state index contributed by atoms with van der Waals surface area (Å²) in [5.74, 6) is 0.704. The molecule has 0 amide bonds. The summed E-state index contributed by atoms with van der Waals surface area (Å²) in [6.07, 6.45) is 3.47. The van der Waals surface area contributed by atoms with Crippen molar-refractivity contribution in [2.45, 2.75) is 24.5 Å². The summed E-state index contributed by atoms with van der Waals surface area (Å²) in [6, 6.07) is 16.8. The van der Waals surface area contributed by atoms with E-state index < -0.39 is 16.1 Å². The van der Waals surface area contributed by atoms with Crippen LogP contribution in [-0.4, -0.2) is 13.4 Å². The molecule has 7 heteroatoms. The molecule has 0 aliphatic heterocycles. The van der Waals surface area contributed by atoms with Crippen LogP contribution in [0.1, 0.15) is 24.1 Å². The highest BCUT2D eigenvalue weighted by molar-refractivity contribution is 7.89. The predicted octanol–water partition coefficient (Wildman–Crippen LogP) is 4.35. The minimum Gasteiger partial charge on any atom is -0.489 e. The fourth-order valence-corrected chi connectivity index (χ4v) is 3.84. The second-order valence-corrected chi connectivity index (χ2v) is 8.17. The van der Waals surface area contributed by atoms with Crippen molar-refractivity contribution in [3.05, 3.63) is 89.2 Å². The van der Waals surface area contributed by atoms with E-state index in [-0.39, 0.29) is 4.90 Å². The van der Waals surface area contributed by atoms with Crippen molar-refractivity contribution < 1.29 is 13.2 Å². The normalized spacial score (nSPS) is 12.5. The van der Waals surface area contributed by atoms with Gasteiger partial charge in [0.1, 0.15) is 12.4 Å². The van der Waals surface area contributed by atoms with Gasteiger partial charge in [-0.1, -0.05) is 29.8 Å². The first kappa shape index (κ1) is 19.4. The van der Waals surface area contributed by atoms with Crippen LogP contribution in [0.25, 0.3) is 0 Å². The monoisotopic (exact) mass is 402 g/mol. The van der Waals surface area contributed by atoms with Gasteiger partial charge in [0.05, 0.1) is 4.90 Å². The molecule has 3 aromatic rings. The van der Waals surface area contributed by atoms with Gasteiger partial charge in [0, 0.05) is 29.0 Å². The van der Waals surface area contributed by atoms with Crippen LogP contribution in [0.5, 0.6) is 5.75 Å². The lowest BCUT2D eigenvalue weighted by Crippen LogP contribution is -2.26. The Morgan fingerprint density at radius 2 is 1.78 bits per heavy atom. The van der Waals surface area contributed by atoms with Crippen LogP contribution in [-0.2, 0) is 16.6 Å². The molecule has 0 radical (unpaired) electrons. The molecule has 27 heavy (non-hydrogen) atoms. The van der Waals surface area contributed by atoms with E-state index in [0.29, 0.717) is 17.4 Å². The van der Waals surface area contributed by atoms with Crippen molar-refractivity contribution in [2.24, 2.45) is 0 Å². The molecule has 1 heterocycles. The number of halogens is 1. The number of nitrogens with one attached hydrogen (secondary N) is 1. The lowest BCUT2D eigenvalue weighted by Gasteiger charge is -2.15. The van der Waals surface area contributed by atoms with Crippen molar-refractivity contribution in [3.8, 4) is 5.75 Å². The van der Waals surface area contributed by atoms with Gasteiger partial charge in [0.2, 0.25) is 10.0 Å². The molecule has 0 fully saturated rings. The molecular weight excluding hydrogens is 384 g/mol. The van der Waals surface area contributed by atoms with Crippen LogP contribution < -0.4 is 9.46 Å². The van der Waals surface area contributed by atoms with Crippen LogP contribution in [0, 0.1) is 0 Å². The Kier molecular flexibility index (Phi) is 6.11. The van der Waals surface area contributed by atoms with Gasteiger partial charge >= 0.3 is 0 Å². The second kappa shape index (κ2) is 8.52. The maximum atomic E-state index is 12.5. The molecule has 1 aromatic heterocycles. The van der Waals surface area contributed by atoms with E-state index in [1.165, 1.54) is 12.1 Å². The topological polar surface area (TPSA) is 68.3 Å². The Labute approximate surface area is 164 Å². The zero-order valence-electron chi connectivity index (χ0n) is 14.7. The number of benzene rings is 2. The van der Waals surface area contributed by atoms with E-state index in [4.69, 9.17) is 16.3 Å². The van der Waals surface area contributed by atoms with E-state index >= 15 is 0 Å². The number of hydrogen-bond donors (Lipinski definition) is 1. The molecule has 0 spiro atoms. The summed E-state index contributed by atoms with van der Waals surface area (Å²) in [6.45, 7) is 2.21. The summed E-state index contributed by atoms with van der Waals surface area (Å²) in [5.41, 5.74) is 1.81. The molecule has 1 N–H and O–H groups in total. The standard InChI is InChI=1S/C20H19ClN2O3S/c1-15(23-27(24,25)20-10-6-18(21)7-11-20)17-4-8-19(9-5-17)26-14-16-3-2-12-22-13-16/h2-13,15,23H,14H2,1H3. The van der Waals surface area contributed by atoms with Crippen LogP contribution in [0.2, 0.25) is 5.02 Å². The van der Waals surface area contributed by atoms with Gasteiger partial charge in [-0.05, 0) is 55.0 Å². The maximum Gasteiger partial charge on any atom is 0.241 e. The Hall–Kier alpha value is -2.41. The molecule has 3 rings (SSSR count). The number of sulfonamides is 1. The van der Waals surface area contributed by atoms with Crippen molar-refractivity contribution in [1.82, 2.24) is 9.71 Å². The minimum absolute atomic E-state index is 0.176. The summed E-state index contributed by atoms with van der Waals surface area (Å²) in [4.78, 5) is 4.22. The molecule has 0 aliphatic rings. The highest BCUT2D eigenvalue weighted by atomic mass is 35.5. The Bertz CT molecular complexity index is 976. The first-order chi connectivity index (χ1) is 12.9. The highest BCUT2D eigenvalue weighted by Gasteiger charge is 2.18. The van der Waals surface area contributed by atoms with E-state index in [1.807, 2.05) is 36.4 Å². The largest absolute Gasteiger partial charge is 0.489 e. The van der Waals surface area contributed by atoms with Gasteiger partial charge in [-0.2, -0.15) is 0 Å². The molecule has 1 unspecified atom stereocenters. The van der Waals surface area contributed by atoms with Crippen LogP contribution in [0.3, 0.4) is 0 Å². The van der Waals surface area contributed by atoms with Crippen LogP contribution in [0.15, 0.2) is 78.0 Å². The zero-order chi connectivity index (χ0) is 19.3. The van der Waals surface area contributed by atoms with Gasteiger partial charge in [0.15, 0.2) is 0 Å². The van der Waals surface area contributed by atoms with Crippen molar-refractivity contribution in [3.63, 3.8) is 0 Å². The smallest absolute Gasteiger partial charge is 0.241 e. The van der Waals surface area contributed by atoms with Crippen LogP contribution in [0.4, 0.5) is 0 Å². The first-order valence-electron chi connectivity index (χ1n) is 8.33. The van der Waals surface area contributed by atoms with Crippen LogP contribution >= 0.6 is 11.6 Å². The first-order valence-corrected chi connectivity index (χ1v) is 10.2. The number of rotatable bonds is 7. The third-order valence-electron chi connectivity index (χ3n) is 3.96. The van der Waals surface area contributed by atoms with Crippen molar-refractivity contribution >= 4 is 21.6 Å². The molecule has 2 aromatic carbocycles. The van der Waals surface area contributed by atoms with E-state index in [9.17, 15) is 8.42 Å². The average molecular weight is 403 g/mol. The SMILES string of the molecule is CC(NS(=O)(=O)c1ccc(Cl)cc1)c1ccc(OCc2cccnc2)cc1. The summed E-state index contributed by atoms with van der Waals surface area (Å²) < 4.78 is 33.3. The lowest BCUT2D eigenvalue weighted by molar-refractivity contribution is 0.305. The van der Waals surface area contributed by atoms with E-state index in [1.54, 1.807) is 31.5 Å². The van der Waals surface area contributed by atoms with Gasteiger partial charge in [0.25, 0.3) is 0 Å². The van der Waals surface area contributed by atoms with Gasteiger partial charge < -0.3 is 4.74 Å². The maximum absolute atomic E-state index is 12.5. The Morgan fingerprint density at radius 3 is 2.41 bits per heavy atom. The van der Waals surface area contributed by atoms with Crippen molar-refractivity contribution in [2.75, 3.05) is 0 Å². The van der Waals surface area contributed by atoms with E-state index in [2.05, 4.69) is 9.71 Å². The summed E-state index contributed by atoms with van der Waals surface area (Å²) >= 11 is 5.81. The predicted molar refractivity (Wildman–Crippen MR) is 105 cm³/mol. The summed E-state index contributed by atoms with van der Waals surface area (Å²) in [5, 5.41) is 0.490. The molecule has 0 aliphatic carbocycles. The molecule has 140 valence electrons. The second-order valence-electron chi connectivity index (χ2n) is 6.02. The quantitative estimate of drug-likeness (QED) is 0.637. The van der Waals surface area contributed by atoms with Gasteiger partial charge in [-0.3, -0.25) is 4.98 Å². The molecule has 1 atom stereocenters. The highest BCUT2D eigenvalue weighted by Crippen LogP contribution is 2.21. The number of ether oxygens (including phenoxy) is 1. The third kappa shape index (κ3) is 5.29. The molecular formula is C20H19ClN2O3S. The van der Waals surface area contributed by atoms with E-state index in [0.717, 1.165) is 11.1 Å². The summed E-state index contributed by atoms with van der Waals surface area (Å²) in [7, 11) is -3.63.